The first-order valence-corrected chi connectivity index (χ1v) is 6.16. The van der Waals surface area contributed by atoms with Crippen molar-refractivity contribution >= 4 is 22.5 Å². The maximum absolute atomic E-state index is 13.7. The lowest BCUT2D eigenvalue weighted by molar-refractivity contribution is 0.102. The van der Waals surface area contributed by atoms with E-state index >= 15 is 0 Å². The molecule has 0 atom stereocenters. The molecule has 2 aromatic carbocycles. The summed E-state index contributed by atoms with van der Waals surface area (Å²) in [5.41, 5.74) is 1.06. The van der Waals surface area contributed by atoms with Gasteiger partial charge in [-0.05, 0) is 24.3 Å². The van der Waals surface area contributed by atoms with Gasteiger partial charge in [-0.3, -0.25) is 4.79 Å². The van der Waals surface area contributed by atoms with Crippen molar-refractivity contribution in [1.29, 1.82) is 0 Å². The molecule has 1 N–H and O–H groups in total. The monoisotopic (exact) mass is 266 g/mol. The molecule has 98 valence electrons. The van der Waals surface area contributed by atoms with Crippen LogP contribution in [0.1, 0.15) is 10.5 Å². The molecule has 3 rings (SSSR count). The number of hydrogen-bond donors (Lipinski definition) is 1. The number of fused-ring (bicyclic) bond motifs is 1. The summed E-state index contributed by atoms with van der Waals surface area (Å²) in [5.74, 6) is -0.793. The minimum atomic E-state index is -0.433. The van der Waals surface area contributed by atoms with Crippen molar-refractivity contribution in [2.24, 2.45) is 0 Å². The van der Waals surface area contributed by atoms with Crippen molar-refractivity contribution in [3.63, 3.8) is 0 Å². The third-order valence-electron chi connectivity index (χ3n) is 2.94. The van der Waals surface area contributed by atoms with E-state index in [2.05, 4.69) is 10.3 Å². The molecule has 0 spiro atoms. The molecule has 3 nitrogen and oxygen atoms in total. The van der Waals surface area contributed by atoms with Gasteiger partial charge in [0.2, 0.25) is 0 Å². The van der Waals surface area contributed by atoms with Crippen molar-refractivity contribution < 1.29 is 9.18 Å². The second kappa shape index (κ2) is 5.09. The molecule has 0 saturated heterocycles. The summed E-state index contributed by atoms with van der Waals surface area (Å²) in [7, 11) is 0. The van der Waals surface area contributed by atoms with Crippen LogP contribution in [-0.4, -0.2) is 10.9 Å². The first kappa shape index (κ1) is 12.3. The predicted molar refractivity (Wildman–Crippen MR) is 76.1 cm³/mol. The number of amides is 1. The van der Waals surface area contributed by atoms with Crippen LogP contribution < -0.4 is 5.32 Å². The summed E-state index contributed by atoms with van der Waals surface area (Å²) >= 11 is 0. The Hall–Kier alpha value is -2.75. The first-order valence-electron chi connectivity index (χ1n) is 6.16. The molecule has 0 aliphatic carbocycles. The fourth-order valence-electron chi connectivity index (χ4n) is 1.95. The highest BCUT2D eigenvalue weighted by Gasteiger charge is 2.10. The van der Waals surface area contributed by atoms with E-state index in [9.17, 15) is 9.18 Å². The summed E-state index contributed by atoms with van der Waals surface area (Å²) in [6, 6.07) is 17.0. The lowest BCUT2D eigenvalue weighted by Crippen LogP contribution is -2.13. The summed E-state index contributed by atoms with van der Waals surface area (Å²) in [6.07, 6.45) is 0. The van der Waals surface area contributed by atoms with Gasteiger partial charge in [-0.15, -0.1) is 0 Å². The van der Waals surface area contributed by atoms with E-state index in [1.54, 1.807) is 36.4 Å². The van der Waals surface area contributed by atoms with Crippen LogP contribution in [0.25, 0.3) is 10.9 Å². The van der Waals surface area contributed by atoms with Crippen LogP contribution >= 0.6 is 0 Å². The van der Waals surface area contributed by atoms with Crippen LogP contribution in [0.2, 0.25) is 0 Å². The largest absolute Gasteiger partial charge is 0.321 e. The molecule has 0 radical (unpaired) electrons. The Kier molecular flexibility index (Phi) is 3.13. The predicted octanol–water partition coefficient (Wildman–Crippen LogP) is 3.63. The van der Waals surface area contributed by atoms with Crippen molar-refractivity contribution in [3.05, 3.63) is 72.2 Å². The van der Waals surface area contributed by atoms with Crippen LogP contribution in [0.15, 0.2) is 60.7 Å². The number of aromatic nitrogens is 1. The molecule has 0 aliphatic heterocycles. The van der Waals surface area contributed by atoms with Crippen LogP contribution in [-0.2, 0) is 0 Å². The number of pyridine rings is 1. The molecule has 20 heavy (non-hydrogen) atoms. The van der Waals surface area contributed by atoms with Crippen LogP contribution in [0.5, 0.6) is 0 Å². The number of hydrogen-bond acceptors (Lipinski definition) is 2. The Morgan fingerprint density at radius 1 is 0.950 bits per heavy atom. The minimum Gasteiger partial charge on any atom is -0.321 e. The minimum absolute atomic E-state index is 0.187. The highest BCUT2D eigenvalue weighted by molar-refractivity contribution is 6.04. The molecule has 1 amide bonds. The zero-order chi connectivity index (χ0) is 13.9. The topological polar surface area (TPSA) is 42.0 Å². The Labute approximate surface area is 115 Å². The van der Waals surface area contributed by atoms with E-state index in [0.29, 0.717) is 11.1 Å². The summed E-state index contributed by atoms with van der Waals surface area (Å²) in [6.45, 7) is 0. The molecule has 0 aliphatic rings. The fourth-order valence-corrected chi connectivity index (χ4v) is 1.95. The van der Waals surface area contributed by atoms with Gasteiger partial charge >= 0.3 is 0 Å². The average Bonchev–Trinajstić information content (AvgIpc) is 2.48. The number of para-hydroxylation sites is 2. The SMILES string of the molecule is O=C(Nc1ccccc1)c1ccc2cccc(F)c2n1. The van der Waals surface area contributed by atoms with Gasteiger partial charge in [0.15, 0.2) is 0 Å². The molecule has 0 unspecified atom stereocenters. The number of carbonyl (C=O) groups excluding carboxylic acids is 1. The van der Waals surface area contributed by atoms with E-state index in [-0.39, 0.29) is 17.1 Å². The van der Waals surface area contributed by atoms with Crippen molar-refractivity contribution in [2.45, 2.75) is 0 Å². The van der Waals surface area contributed by atoms with E-state index in [0.717, 1.165) is 0 Å². The molecule has 0 saturated carbocycles. The van der Waals surface area contributed by atoms with Crippen molar-refractivity contribution in [3.8, 4) is 0 Å². The van der Waals surface area contributed by atoms with E-state index in [1.165, 1.54) is 6.07 Å². The molecular formula is C16H11FN2O. The van der Waals surface area contributed by atoms with E-state index < -0.39 is 5.82 Å². The maximum Gasteiger partial charge on any atom is 0.274 e. The molecule has 4 heteroatoms. The lowest BCUT2D eigenvalue weighted by atomic mass is 10.2. The van der Waals surface area contributed by atoms with Gasteiger partial charge < -0.3 is 5.32 Å². The van der Waals surface area contributed by atoms with Gasteiger partial charge in [0, 0.05) is 11.1 Å². The Morgan fingerprint density at radius 3 is 2.55 bits per heavy atom. The zero-order valence-corrected chi connectivity index (χ0v) is 10.5. The second-order valence-corrected chi connectivity index (χ2v) is 4.33. The van der Waals surface area contributed by atoms with E-state index in [4.69, 9.17) is 0 Å². The van der Waals surface area contributed by atoms with Crippen LogP contribution in [0.3, 0.4) is 0 Å². The van der Waals surface area contributed by atoms with Gasteiger partial charge in [-0.25, -0.2) is 9.37 Å². The highest BCUT2D eigenvalue weighted by atomic mass is 19.1. The Bertz CT molecular complexity index is 772. The molecule has 1 aromatic heterocycles. The van der Waals surface area contributed by atoms with Gasteiger partial charge in [0.25, 0.3) is 5.91 Å². The van der Waals surface area contributed by atoms with Gasteiger partial charge in [-0.1, -0.05) is 36.4 Å². The second-order valence-electron chi connectivity index (χ2n) is 4.33. The third-order valence-corrected chi connectivity index (χ3v) is 2.94. The summed E-state index contributed by atoms with van der Waals surface area (Å²) < 4.78 is 13.7. The molecule has 1 heterocycles. The summed E-state index contributed by atoms with van der Waals surface area (Å²) in [4.78, 5) is 16.2. The number of anilines is 1. The van der Waals surface area contributed by atoms with Gasteiger partial charge in [-0.2, -0.15) is 0 Å². The third kappa shape index (κ3) is 2.36. The lowest BCUT2D eigenvalue weighted by Gasteiger charge is -2.05. The number of halogens is 1. The smallest absolute Gasteiger partial charge is 0.274 e. The number of benzene rings is 2. The normalized spacial score (nSPS) is 10.4. The van der Waals surface area contributed by atoms with Gasteiger partial charge in [0.05, 0.1) is 0 Å². The Morgan fingerprint density at radius 2 is 1.75 bits per heavy atom. The number of nitrogens with zero attached hydrogens (tertiary/aromatic N) is 1. The molecule has 3 aromatic rings. The number of rotatable bonds is 2. The number of carbonyl (C=O) groups is 1. The molecular weight excluding hydrogens is 255 g/mol. The number of nitrogens with one attached hydrogen (secondary N) is 1. The van der Waals surface area contributed by atoms with E-state index in [1.807, 2.05) is 18.2 Å². The first-order chi connectivity index (χ1) is 9.74. The standard InChI is InChI=1S/C16H11FN2O/c17-13-8-4-5-11-9-10-14(19-15(11)13)16(20)18-12-6-2-1-3-7-12/h1-10H,(H,18,20). The average molecular weight is 266 g/mol. The quantitative estimate of drug-likeness (QED) is 0.769. The summed E-state index contributed by atoms with van der Waals surface area (Å²) in [5, 5.41) is 3.39. The van der Waals surface area contributed by atoms with Crippen LogP contribution in [0, 0.1) is 5.82 Å². The van der Waals surface area contributed by atoms with Crippen LogP contribution in [0.4, 0.5) is 10.1 Å². The fraction of sp³-hybridized carbons (Fsp3) is 0. The zero-order valence-electron chi connectivity index (χ0n) is 10.5. The molecule has 0 bridgehead atoms. The molecule has 0 fully saturated rings. The Balaban J connectivity index is 1.94. The van der Waals surface area contributed by atoms with Crippen molar-refractivity contribution in [2.75, 3.05) is 5.32 Å². The van der Waals surface area contributed by atoms with Crippen molar-refractivity contribution in [1.82, 2.24) is 4.98 Å². The highest BCUT2D eigenvalue weighted by Crippen LogP contribution is 2.16. The maximum atomic E-state index is 13.7. The van der Waals surface area contributed by atoms with Gasteiger partial charge in [0.1, 0.15) is 17.0 Å².